The molecule has 1 amide bonds. The third-order valence-electron chi connectivity index (χ3n) is 5.13. The van der Waals surface area contributed by atoms with Gasteiger partial charge in [0.1, 0.15) is 0 Å². The number of amides is 1. The normalized spacial score (nSPS) is 24.5. The van der Waals surface area contributed by atoms with Gasteiger partial charge in [-0.1, -0.05) is 32.6 Å². The molecule has 1 aliphatic carbocycles. The van der Waals surface area contributed by atoms with Crippen molar-refractivity contribution >= 4 is 5.91 Å². The van der Waals surface area contributed by atoms with Gasteiger partial charge in [-0.2, -0.15) is 0 Å². The Morgan fingerprint density at radius 3 is 2.41 bits per heavy atom. The summed E-state index contributed by atoms with van der Waals surface area (Å²) in [4.78, 5) is 16.7. The molecule has 2 aliphatic rings. The maximum atomic E-state index is 12.8. The Morgan fingerprint density at radius 2 is 1.82 bits per heavy atom. The fraction of sp³-hybridized carbons (Fsp3) is 0.941. The van der Waals surface area contributed by atoms with E-state index in [0.717, 1.165) is 52.0 Å². The monoisotopic (exact) mass is 312 g/mol. The first-order valence-electron chi connectivity index (χ1n) is 8.75. The van der Waals surface area contributed by atoms with Crippen LogP contribution in [0, 0.1) is 5.41 Å². The lowest BCUT2D eigenvalue weighted by molar-refractivity contribution is -0.142. The topological polar surface area (TPSA) is 53.0 Å². The summed E-state index contributed by atoms with van der Waals surface area (Å²) in [6.45, 7) is 6.35. The molecule has 1 saturated carbocycles. The van der Waals surface area contributed by atoms with Gasteiger partial charge in [-0.05, 0) is 12.8 Å². The lowest BCUT2D eigenvalue weighted by Crippen LogP contribution is -2.47. The van der Waals surface area contributed by atoms with Crippen LogP contribution in [0.4, 0.5) is 0 Å². The number of aliphatic hydroxyl groups excluding tert-OH is 1. The summed E-state index contributed by atoms with van der Waals surface area (Å²) in [6, 6.07) is 0. The SMILES string of the molecule is CN(CC(O)CN1CCOCC1)C(=O)C1(C)CCCCCC1. The molecule has 1 aliphatic heterocycles. The third-order valence-corrected chi connectivity index (χ3v) is 5.13. The summed E-state index contributed by atoms with van der Waals surface area (Å²) in [6.07, 6.45) is 6.25. The van der Waals surface area contributed by atoms with Gasteiger partial charge in [-0.15, -0.1) is 0 Å². The van der Waals surface area contributed by atoms with Crippen LogP contribution in [0.2, 0.25) is 0 Å². The standard InChI is InChI=1S/C17H32N2O3/c1-17(7-5-3-4-6-8-17)16(21)18(2)13-15(20)14-19-9-11-22-12-10-19/h15,20H,3-14H2,1-2H3. The molecule has 0 aromatic rings. The van der Waals surface area contributed by atoms with Crippen molar-refractivity contribution in [3.8, 4) is 0 Å². The molecule has 5 nitrogen and oxygen atoms in total. The number of likely N-dealkylation sites (N-methyl/N-ethyl adjacent to an activating group) is 1. The Bertz CT molecular complexity index is 348. The zero-order valence-electron chi connectivity index (χ0n) is 14.2. The maximum Gasteiger partial charge on any atom is 0.228 e. The van der Waals surface area contributed by atoms with Crippen molar-refractivity contribution in [2.45, 2.75) is 51.6 Å². The number of hydrogen-bond acceptors (Lipinski definition) is 4. The molecule has 0 aromatic heterocycles. The van der Waals surface area contributed by atoms with Gasteiger partial charge in [-0.25, -0.2) is 0 Å². The molecule has 0 bridgehead atoms. The summed E-state index contributed by atoms with van der Waals surface area (Å²) < 4.78 is 5.32. The third kappa shape index (κ3) is 4.93. The van der Waals surface area contributed by atoms with Crippen LogP contribution in [0.5, 0.6) is 0 Å². The molecule has 1 unspecified atom stereocenters. The predicted molar refractivity (Wildman–Crippen MR) is 86.7 cm³/mol. The van der Waals surface area contributed by atoms with Crippen LogP contribution in [0.1, 0.15) is 45.4 Å². The van der Waals surface area contributed by atoms with E-state index >= 15 is 0 Å². The Labute approximate surface area is 134 Å². The Morgan fingerprint density at radius 1 is 1.23 bits per heavy atom. The number of rotatable bonds is 5. The van der Waals surface area contributed by atoms with E-state index in [2.05, 4.69) is 11.8 Å². The molecule has 1 N–H and O–H groups in total. The van der Waals surface area contributed by atoms with Crippen LogP contribution in [0.15, 0.2) is 0 Å². The second kappa shape index (κ2) is 8.27. The van der Waals surface area contributed by atoms with Crippen molar-refractivity contribution in [2.24, 2.45) is 5.41 Å². The van der Waals surface area contributed by atoms with Gasteiger partial charge < -0.3 is 14.7 Å². The zero-order valence-corrected chi connectivity index (χ0v) is 14.2. The van der Waals surface area contributed by atoms with Gasteiger partial charge in [0, 0.05) is 38.6 Å². The summed E-state index contributed by atoms with van der Waals surface area (Å²) in [5.41, 5.74) is -0.232. The Balaban J connectivity index is 1.81. The maximum absolute atomic E-state index is 12.8. The number of hydrogen-bond donors (Lipinski definition) is 1. The second-order valence-electron chi connectivity index (χ2n) is 7.23. The number of carbonyl (C=O) groups excluding carboxylic acids is 1. The molecular formula is C17H32N2O3. The van der Waals surface area contributed by atoms with Crippen LogP contribution in [0.25, 0.3) is 0 Å². The van der Waals surface area contributed by atoms with E-state index in [1.807, 2.05) is 7.05 Å². The van der Waals surface area contributed by atoms with Crippen LogP contribution in [0.3, 0.4) is 0 Å². The molecule has 1 atom stereocenters. The largest absolute Gasteiger partial charge is 0.390 e. The smallest absolute Gasteiger partial charge is 0.228 e. The lowest BCUT2D eigenvalue weighted by Gasteiger charge is -2.34. The van der Waals surface area contributed by atoms with Gasteiger partial charge in [0.2, 0.25) is 5.91 Å². The van der Waals surface area contributed by atoms with Crippen molar-refractivity contribution in [2.75, 3.05) is 46.4 Å². The highest BCUT2D eigenvalue weighted by molar-refractivity contribution is 5.82. The predicted octanol–water partition coefficient (Wildman–Crippen LogP) is 1.50. The summed E-state index contributed by atoms with van der Waals surface area (Å²) >= 11 is 0. The summed E-state index contributed by atoms with van der Waals surface area (Å²) in [7, 11) is 1.83. The molecule has 2 rings (SSSR count). The fourth-order valence-corrected chi connectivity index (χ4v) is 3.72. The van der Waals surface area contributed by atoms with Gasteiger partial charge in [0.15, 0.2) is 0 Å². The molecule has 1 saturated heterocycles. The second-order valence-corrected chi connectivity index (χ2v) is 7.23. The Kier molecular flexibility index (Phi) is 6.66. The van der Waals surface area contributed by atoms with Crippen molar-refractivity contribution in [1.82, 2.24) is 9.80 Å². The van der Waals surface area contributed by atoms with E-state index in [1.54, 1.807) is 4.90 Å². The number of ether oxygens (including phenoxy) is 1. The van der Waals surface area contributed by atoms with Crippen molar-refractivity contribution < 1.29 is 14.6 Å². The molecule has 0 spiro atoms. The van der Waals surface area contributed by atoms with Crippen LogP contribution < -0.4 is 0 Å². The first-order valence-corrected chi connectivity index (χ1v) is 8.75. The molecule has 5 heteroatoms. The summed E-state index contributed by atoms with van der Waals surface area (Å²) in [5, 5.41) is 10.3. The van der Waals surface area contributed by atoms with Gasteiger partial charge in [0.25, 0.3) is 0 Å². The van der Waals surface area contributed by atoms with Crippen molar-refractivity contribution in [3.63, 3.8) is 0 Å². The van der Waals surface area contributed by atoms with E-state index in [4.69, 9.17) is 4.74 Å². The van der Waals surface area contributed by atoms with Crippen LogP contribution in [-0.2, 0) is 9.53 Å². The minimum Gasteiger partial charge on any atom is -0.390 e. The first-order chi connectivity index (χ1) is 10.5. The van der Waals surface area contributed by atoms with E-state index in [0.29, 0.717) is 13.1 Å². The highest BCUT2D eigenvalue weighted by Gasteiger charge is 2.36. The van der Waals surface area contributed by atoms with Crippen LogP contribution in [-0.4, -0.2) is 73.4 Å². The highest BCUT2D eigenvalue weighted by Crippen LogP contribution is 2.36. The molecule has 0 aromatic carbocycles. The van der Waals surface area contributed by atoms with Gasteiger partial charge in [0.05, 0.1) is 19.3 Å². The molecule has 1 heterocycles. The quantitative estimate of drug-likeness (QED) is 0.782. The molecule has 0 radical (unpaired) electrons. The fourth-order valence-electron chi connectivity index (χ4n) is 3.72. The molecule has 22 heavy (non-hydrogen) atoms. The van der Waals surface area contributed by atoms with Gasteiger partial charge in [-0.3, -0.25) is 9.69 Å². The minimum atomic E-state index is -0.485. The Hall–Kier alpha value is -0.650. The van der Waals surface area contributed by atoms with E-state index in [1.165, 1.54) is 12.8 Å². The number of β-amino-alcohol motifs (C(OH)–C–C–N with tert-alkyl or cyclic N) is 1. The van der Waals surface area contributed by atoms with E-state index in [9.17, 15) is 9.90 Å². The lowest BCUT2D eigenvalue weighted by atomic mass is 9.81. The van der Waals surface area contributed by atoms with E-state index < -0.39 is 6.10 Å². The van der Waals surface area contributed by atoms with Crippen molar-refractivity contribution in [1.29, 1.82) is 0 Å². The molecular weight excluding hydrogens is 280 g/mol. The zero-order chi connectivity index (χ0) is 16.0. The number of nitrogens with zero attached hydrogens (tertiary/aromatic N) is 2. The average Bonchev–Trinajstić information content (AvgIpc) is 2.73. The van der Waals surface area contributed by atoms with E-state index in [-0.39, 0.29) is 11.3 Å². The molecule has 128 valence electrons. The van der Waals surface area contributed by atoms with Gasteiger partial charge >= 0.3 is 0 Å². The van der Waals surface area contributed by atoms with Crippen LogP contribution >= 0.6 is 0 Å². The average molecular weight is 312 g/mol. The minimum absolute atomic E-state index is 0.204. The molecule has 2 fully saturated rings. The summed E-state index contributed by atoms with van der Waals surface area (Å²) in [5.74, 6) is 0.204. The van der Waals surface area contributed by atoms with Crippen molar-refractivity contribution in [3.05, 3.63) is 0 Å². The first kappa shape index (κ1) is 17.7. The number of morpholine rings is 1. The number of carbonyl (C=O) groups is 1. The highest BCUT2D eigenvalue weighted by atomic mass is 16.5. The number of aliphatic hydroxyl groups is 1.